The largest absolute Gasteiger partial charge is 0.436 e. The standard InChI is InChI=1S/C22H23N3O4S/c1-30(26,27)13-10-21-23-18-14-15(22-24-17-4-2-3-5-20(17)29-22)6-7-19(18)25(21)16-8-11-28-12-9-16/h2-7,14,16H,8-13H2,1H3. The molecule has 1 saturated heterocycles. The molecule has 2 aromatic carbocycles. The third kappa shape index (κ3) is 3.73. The van der Waals surface area contributed by atoms with Crippen LogP contribution in [-0.4, -0.2) is 48.2 Å². The van der Waals surface area contributed by atoms with Crippen LogP contribution in [0, 0.1) is 0 Å². The summed E-state index contributed by atoms with van der Waals surface area (Å²) in [7, 11) is -3.08. The van der Waals surface area contributed by atoms with Crippen molar-refractivity contribution in [2.45, 2.75) is 25.3 Å². The molecule has 4 aromatic rings. The maximum atomic E-state index is 11.8. The van der Waals surface area contributed by atoms with Crippen molar-refractivity contribution in [1.82, 2.24) is 14.5 Å². The van der Waals surface area contributed by atoms with Gasteiger partial charge in [0.15, 0.2) is 5.58 Å². The van der Waals surface area contributed by atoms with Crippen LogP contribution in [0.25, 0.3) is 33.6 Å². The van der Waals surface area contributed by atoms with Crippen LogP contribution < -0.4 is 0 Å². The molecule has 0 saturated carbocycles. The molecule has 7 nitrogen and oxygen atoms in total. The third-order valence-electron chi connectivity index (χ3n) is 5.56. The molecule has 3 heterocycles. The molecule has 5 rings (SSSR count). The summed E-state index contributed by atoms with van der Waals surface area (Å²) in [6.07, 6.45) is 3.44. The lowest BCUT2D eigenvalue weighted by Gasteiger charge is -2.25. The number of hydrogen-bond donors (Lipinski definition) is 0. The fourth-order valence-electron chi connectivity index (χ4n) is 4.08. The first kappa shape index (κ1) is 19.3. The fraction of sp³-hybridized carbons (Fsp3) is 0.364. The number of oxazole rings is 1. The van der Waals surface area contributed by atoms with Gasteiger partial charge in [0.2, 0.25) is 5.89 Å². The third-order valence-corrected chi connectivity index (χ3v) is 6.50. The Bertz CT molecular complexity index is 1280. The molecule has 30 heavy (non-hydrogen) atoms. The molecule has 1 aliphatic heterocycles. The maximum Gasteiger partial charge on any atom is 0.227 e. The van der Waals surface area contributed by atoms with Crippen LogP contribution in [-0.2, 0) is 21.0 Å². The van der Waals surface area contributed by atoms with Gasteiger partial charge in [-0.15, -0.1) is 0 Å². The van der Waals surface area contributed by atoms with Gasteiger partial charge in [-0.25, -0.2) is 18.4 Å². The summed E-state index contributed by atoms with van der Waals surface area (Å²) >= 11 is 0. The van der Waals surface area contributed by atoms with Gasteiger partial charge < -0.3 is 13.7 Å². The fourth-order valence-corrected chi connectivity index (χ4v) is 4.63. The Morgan fingerprint density at radius 3 is 2.63 bits per heavy atom. The van der Waals surface area contributed by atoms with Gasteiger partial charge in [0, 0.05) is 37.5 Å². The zero-order chi connectivity index (χ0) is 20.7. The first-order chi connectivity index (χ1) is 14.5. The van der Waals surface area contributed by atoms with Gasteiger partial charge in [-0.1, -0.05) is 12.1 Å². The van der Waals surface area contributed by atoms with Gasteiger partial charge >= 0.3 is 0 Å². The number of benzene rings is 2. The van der Waals surface area contributed by atoms with Crippen molar-refractivity contribution in [3.8, 4) is 11.5 Å². The highest BCUT2D eigenvalue weighted by molar-refractivity contribution is 7.90. The number of rotatable bonds is 5. The van der Waals surface area contributed by atoms with Crippen LogP contribution in [0.5, 0.6) is 0 Å². The second-order valence-corrected chi connectivity index (χ2v) is 10.1. The van der Waals surface area contributed by atoms with Crippen molar-refractivity contribution in [3.05, 3.63) is 48.3 Å². The highest BCUT2D eigenvalue weighted by Crippen LogP contribution is 2.32. The van der Waals surface area contributed by atoms with Crippen LogP contribution in [0.1, 0.15) is 24.7 Å². The molecule has 0 aliphatic carbocycles. The summed E-state index contributed by atoms with van der Waals surface area (Å²) in [5.41, 5.74) is 4.24. The highest BCUT2D eigenvalue weighted by atomic mass is 32.2. The van der Waals surface area contributed by atoms with Crippen molar-refractivity contribution in [1.29, 1.82) is 0 Å². The summed E-state index contributed by atoms with van der Waals surface area (Å²) in [6.45, 7) is 1.41. The Kier molecular flexibility index (Phi) is 4.83. The van der Waals surface area contributed by atoms with Gasteiger partial charge in [-0.3, -0.25) is 0 Å². The molecular formula is C22H23N3O4S. The van der Waals surface area contributed by atoms with E-state index in [1.165, 1.54) is 6.26 Å². The molecule has 0 atom stereocenters. The minimum absolute atomic E-state index is 0.0809. The van der Waals surface area contributed by atoms with Crippen molar-refractivity contribution >= 4 is 32.0 Å². The van der Waals surface area contributed by atoms with Gasteiger partial charge in [-0.05, 0) is 43.2 Å². The number of imidazole rings is 1. The SMILES string of the molecule is CS(=O)(=O)CCc1nc2cc(-c3nc4ccccc4o3)ccc2n1C1CCOCC1. The second kappa shape index (κ2) is 7.52. The molecule has 1 aliphatic rings. The molecule has 0 bridgehead atoms. The van der Waals surface area contributed by atoms with E-state index >= 15 is 0 Å². The lowest BCUT2D eigenvalue weighted by atomic mass is 10.1. The van der Waals surface area contributed by atoms with E-state index in [0.717, 1.165) is 46.4 Å². The number of fused-ring (bicyclic) bond motifs is 2. The van der Waals surface area contributed by atoms with E-state index in [0.29, 0.717) is 25.5 Å². The lowest BCUT2D eigenvalue weighted by molar-refractivity contribution is 0.0699. The predicted octanol–water partition coefficient (Wildman–Crippen LogP) is 3.78. The minimum Gasteiger partial charge on any atom is -0.436 e. The van der Waals surface area contributed by atoms with E-state index in [1.54, 1.807) is 0 Å². The Balaban J connectivity index is 1.59. The van der Waals surface area contributed by atoms with E-state index in [1.807, 2.05) is 42.5 Å². The molecule has 0 unspecified atom stereocenters. The van der Waals surface area contributed by atoms with Crippen LogP contribution >= 0.6 is 0 Å². The van der Waals surface area contributed by atoms with Crippen molar-refractivity contribution in [2.24, 2.45) is 0 Å². The van der Waals surface area contributed by atoms with E-state index in [-0.39, 0.29) is 11.8 Å². The Morgan fingerprint density at radius 1 is 1.07 bits per heavy atom. The number of ether oxygens (including phenoxy) is 1. The topological polar surface area (TPSA) is 87.2 Å². The summed E-state index contributed by atoms with van der Waals surface area (Å²) < 4.78 is 37.1. The summed E-state index contributed by atoms with van der Waals surface area (Å²) in [5, 5.41) is 0. The monoisotopic (exact) mass is 425 g/mol. The Morgan fingerprint density at radius 2 is 1.87 bits per heavy atom. The van der Waals surface area contributed by atoms with E-state index in [9.17, 15) is 8.42 Å². The summed E-state index contributed by atoms with van der Waals surface area (Å²) in [4.78, 5) is 9.40. The average Bonchev–Trinajstić information content (AvgIpc) is 3.33. The van der Waals surface area contributed by atoms with Crippen LogP contribution in [0.2, 0.25) is 0 Å². The van der Waals surface area contributed by atoms with Crippen molar-refractivity contribution in [3.63, 3.8) is 0 Å². The number of hydrogen-bond acceptors (Lipinski definition) is 6. The van der Waals surface area contributed by atoms with E-state index in [4.69, 9.17) is 14.1 Å². The number of para-hydroxylation sites is 2. The zero-order valence-corrected chi connectivity index (χ0v) is 17.6. The lowest BCUT2D eigenvalue weighted by Crippen LogP contribution is -2.22. The molecule has 2 aromatic heterocycles. The first-order valence-corrected chi connectivity index (χ1v) is 12.2. The molecule has 8 heteroatoms. The molecule has 0 amide bonds. The molecular weight excluding hydrogens is 402 g/mol. The van der Waals surface area contributed by atoms with Gasteiger partial charge in [0.05, 0.1) is 16.8 Å². The van der Waals surface area contributed by atoms with Crippen LogP contribution in [0.4, 0.5) is 0 Å². The van der Waals surface area contributed by atoms with E-state index in [2.05, 4.69) is 9.55 Å². The van der Waals surface area contributed by atoms with Gasteiger partial charge in [0.25, 0.3) is 0 Å². The Labute approximate surface area is 174 Å². The average molecular weight is 426 g/mol. The van der Waals surface area contributed by atoms with Crippen molar-refractivity contribution < 1.29 is 17.6 Å². The maximum absolute atomic E-state index is 11.8. The zero-order valence-electron chi connectivity index (χ0n) is 16.7. The minimum atomic E-state index is -3.08. The number of aryl methyl sites for hydroxylation is 1. The summed E-state index contributed by atoms with van der Waals surface area (Å²) in [6, 6.07) is 13.9. The van der Waals surface area contributed by atoms with Crippen LogP contribution in [0.3, 0.4) is 0 Å². The van der Waals surface area contributed by atoms with E-state index < -0.39 is 9.84 Å². The quantitative estimate of drug-likeness (QED) is 0.484. The summed E-state index contributed by atoms with van der Waals surface area (Å²) in [5.74, 6) is 1.44. The molecule has 1 fully saturated rings. The van der Waals surface area contributed by atoms with Gasteiger partial charge in [0.1, 0.15) is 21.2 Å². The Hall–Kier alpha value is -2.71. The second-order valence-electron chi connectivity index (χ2n) is 7.81. The van der Waals surface area contributed by atoms with Crippen LogP contribution in [0.15, 0.2) is 46.9 Å². The molecule has 156 valence electrons. The van der Waals surface area contributed by atoms with Gasteiger partial charge in [-0.2, -0.15) is 0 Å². The normalized spacial score (nSPS) is 15.9. The smallest absolute Gasteiger partial charge is 0.227 e. The first-order valence-electron chi connectivity index (χ1n) is 10.1. The number of nitrogens with zero attached hydrogens (tertiary/aromatic N) is 3. The van der Waals surface area contributed by atoms with Crippen molar-refractivity contribution in [2.75, 3.05) is 25.2 Å². The molecule has 0 radical (unpaired) electrons. The molecule has 0 N–H and O–H groups in total. The molecule has 0 spiro atoms. The highest BCUT2D eigenvalue weighted by Gasteiger charge is 2.23. The number of aromatic nitrogens is 3. The number of sulfone groups is 1. The predicted molar refractivity (Wildman–Crippen MR) is 115 cm³/mol.